The molecule has 0 bridgehead atoms. The van der Waals surface area contributed by atoms with Crippen molar-refractivity contribution < 1.29 is 4.74 Å². The van der Waals surface area contributed by atoms with E-state index >= 15 is 0 Å². The summed E-state index contributed by atoms with van der Waals surface area (Å²) < 4.78 is 9.31. The molecule has 0 amide bonds. The summed E-state index contributed by atoms with van der Waals surface area (Å²) in [6.07, 6.45) is 0. The number of ether oxygens (including phenoxy) is 1. The van der Waals surface area contributed by atoms with Crippen molar-refractivity contribution in [2.75, 3.05) is 40.4 Å². The fourth-order valence-electron chi connectivity index (χ4n) is 1.05. The Kier molecular flexibility index (Phi) is 3.96. The maximum absolute atomic E-state index is 6.27. The molecule has 0 aromatic heterocycles. The zero-order valence-electron chi connectivity index (χ0n) is 7.36. The zero-order chi connectivity index (χ0) is 9.19. The second-order valence-electron chi connectivity index (χ2n) is 2.89. The second kappa shape index (κ2) is 4.36. The monoisotopic (exact) mass is 228 g/mol. The molecule has 1 saturated heterocycles. The summed E-state index contributed by atoms with van der Waals surface area (Å²) in [5, 5.41) is 0. The molecule has 0 aromatic carbocycles. The largest absolute Gasteiger partial charge is 0.379 e. The lowest BCUT2D eigenvalue weighted by Crippen LogP contribution is -2.35. The highest BCUT2D eigenvalue weighted by atomic mass is 35.7. The van der Waals surface area contributed by atoms with E-state index in [-0.39, 0.29) is 0 Å². The summed E-state index contributed by atoms with van der Waals surface area (Å²) in [4.78, 5) is 0. The summed E-state index contributed by atoms with van der Waals surface area (Å²) in [5.41, 5.74) is -1.95. The van der Waals surface area contributed by atoms with Crippen LogP contribution in [0.3, 0.4) is 0 Å². The van der Waals surface area contributed by atoms with Gasteiger partial charge in [0.05, 0.1) is 13.2 Å². The van der Waals surface area contributed by atoms with Gasteiger partial charge < -0.3 is 4.74 Å². The topological polar surface area (TPSA) is 15.7 Å². The molecule has 1 aliphatic rings. The van der Waals surface area contributed by atoms with Gasteiger partial charge in [0.25, 0.3) is 0 Å². The maximum atomic E-state index is 6.27. The minimum absolute atomic E-state index is 0.749. The molecule has 0 spiro atoms. The van der Waals surface area contributed by atoms with Crippen LogP contribution in [-0.2, 0) is 16.5 Å². The van der Waals surface area contributed by atoms with Crippen molar-refractivity contribution in [2.24, 2.45) is 0 Å². The summed E-state index contributed by atoms with van der Waals surface area (Å²) in [7, 11) is 3.87. The number of morpholine rings is 1. The summed E-state index contributed by atoms with van der Waals surface area (Å²) in [6.45, 7) is 3.22. The Morgan fingerprint density at radius 1 is 1.42 bits per heavy atom. The average molecular weight is 229 g/mol. The van der Waals surface area contributed by atoms with Crippen molar-refractivity contribution >= 4 is 28.7 Å². The van der Waals surface area contributed by atoms with E-state index in [1.165, 1.54) is 0 Å². The predicted molar refractivity (Wildman–Crippen MR) is 56.2 cm³/mol. The Balaban J connectivity index is 2.60. The fourth-order valence-corrected chi connectivity index (χ4v) is 3.16. The Bertz CT molecular complexity index is 196. The van der Waals surface area contributed by atoms with Crippen LogP contribution in [-0.4, -0.2) is 49.7 Å². The first-order valence-corrected chi connectivity index (χ1v) is 7.47. The third-order valence-electron chi connectivity index (χ3n) is 1.83. The third-order valence-corrected chi connectivity index (χ3v) is 7.14. The van der Waals surface area contributed by atoms with Crippen LogP contribution in [0.4, 0.5) is 0 Å². The third kappa shape index (κ3) is 2.41. The lowest BCUT2D eigenvalue weighted by atomic mass is 10.5. The highest BCUT2D eigenvalue weighted by Crippen LogP contribution is 2.56. The van der Waals surface area contributed by atoms with Crippen molar-refractivity contribution in [2.45, 2.75) is 0 Å². The number of rotatable bonds is 2. The fraction of sp³-hybridized carbons (Fsp3) is 1.00. The molecule has 0 aromatic rings. The summed E-state index contributed by atoms with van der Waals surface area (Å²) >= 11 is 11.6. The van der Waals surface area contributed by atoms with Gasteiger partial charge in [-0.15, -0.1) is 0 Å². The number of hydrogen-bond donors (Lipinski definition) is 0. The number of nitrogens with zero attached hydrogens (tertiary/aromatic N) is 2. The van der Waals surface area contributed by atoms with Gasteiger partial charge in [0.15, 0.2) is 5.69 Å². The zero-order valence-corrected chi connectivity index (χ0v) is 9.83. The standard InChI is InChI=1S/C6H14ClN2OPS/c1-8(2)11(7,12)9-3-5-10-6-4-9/h3-6H2,1-2H3. The quantitative estimate of drug-likeness (QED) is 0.663. The molecule has 1 unspecified atom stereocenters. The lowest BCUT2D eigenvalue weighted by molar-refractivity contribution is 0.0738. The molecule has 1 rings (SSSR count). The number of halogens is 1. The van der Waals surface area contributed by atoms with Crippen molar-refractivity contribution in [3.05, 3.63) is 0 Å². The first-order valence-electron chi connectivity index (χ1n) is 3.86. The molecule has 3 nitrogen and oxygen atoms in total. The Hall–Kier alpha value is 0.820. The van der Waals surface area contributed by atoms with Gasteiger partial charge in [-0.05, 0) is 25.9 Å². The molecule has 12 heavy (non-hydrogen) atoms. The number of hydrogen-bond acceptors (Lipinski definition) is 2. The van der Waals surface area contributed by atoms with Crippen LogP contribution < -0.4 is 0 Å². The molecule has 1 aliphatic heterocycles. The Labute approximate surface area is 83.5 Å². The van der Waals surface area contributed by atoms with E-state index < -0.39 is 5.69 Å². The van der Waals surface area contributed by atoms with Gasteiger partial charge >= 0.3 is 0 Å². The predicted octanol–water partition coefficient (Wildman–Crippen LogP) is 1.34. The molecular formula is C6H14ClN2OPS. The summed E-state index contributed by atoms with van der Waals surface area (Å²) in [6, 6.07) is 0. The van der Waals surface area contributed by atoms with Crippen LogP contribution in [0.25, 0.3) is 0 Å². The van der Waals surface area contributed by atoms with Crippen molar-refractivity contribution in [1.82, 2.24) is 9.34 Å². The Morgan fingerprint density at radius 3 is 2.33 bits per heavy atom. The molecule has 1 heterocycles. The minimum Gasteiger partial charge on any atom is -0.379 e. The van der Waals surface area contributed by atoms with Crippen molar-refractivity contribution in [3.63, 3.8) is 0 Å². The van der Waals surface area contributed by atoms with E-state index in [9.17, 15) is 0 Å². The van der Waals surface area contributed by atoms with Crippen molar-refractivity contribution in [1.29, 1.82) is 0 Å². The van der Waals surface area contributed by atoms with E-state index in [1.54, 1.807) is 0 Å². The van der Waals surface area contributed by atoms with Crippen molar-refractivity contribution in [3.8, 4) is 0 Å². The highest BCUT2D eigenvalue weighted by Gasteiger charge is 2.26. The molecule has 6 heteroatoms. The molecule has 1 atom stereocenters. The van der Waals surface area contributed by atoms with Gasteiger partial charge in [0.2, 0.25) is 0 Å². The summed E-state index contributed by atoms with van der Waals surface area (Å²) in [5.74, 6) is 0. The van der Waals surface area contributed by atoms with Gasteiger partial charge in [-0.3, -0.25) is 4.67 Å². The highest BCUT2D eigenvalue weighted by molar-refractivity contribution is 8.24. The van der Waals surface area contributed by atoms with Gasteiger partial charge in [-0.1, -0.05) is 11.2 Å². The lowest BCUT2D eigenvalue weighted by Gasteiger charge is -2.36. The first-order chi connectivity index (χ1) is 5.55. The average Bonchev–Trinajstić information content (AvgIpc) is 2.06. The smallest absolute Gasteiger partial charge is 0.164 e. The first kappa shape index (κ1) is 10.9. The maximum Gasteiger partial charge on any atom is 0.164 e. The van der Waals surface area contributed by atoms with E-state index in [0.717, 1.165) is 26.3 Å². The van der Waals surface area contributed by atoms with Gasteiger partial charge in [0, 0.05) is 13.1 Å². The van der Waals surface area contributed by atoms with E-state index in [2.05, 4.69) is 4.67 Å². The Morgan fingerprint density at radius 2 is 1.92 bits per heavy atom. The molecule has 0 aliphatic carbocycles. The molecule has 0 saturated carbocycles. The van der Waals surface area contributed by atoms with E-state index in [1.807, 2.05) is 18.8 Å². The van der Waals surface area contributed by atoms with Gasteiger partial charge in [-0.25, -0.2) is 4.67 Å². The van der Waals surface area contributed by atoms with Crippen LogP contribution >= 0.6 is 16.9 Å². The van der Waals surface area contributed by atoms with Crippen LogP contribution in [0, 0.1) is 0 Å². The molecule has 0 N–H and O–H groups in total. The minimum atomic E-state index is -1.95. The van der Waals surface area contributed by atoms with E-state index in [4.69, 9.17) is 27.8 Å². The van der Waals surface area contributed by atoms with Crippen LogP contribution in [0.5, 0.6) is 0 Å². The van der Waals surface area contributed by atoms with Crippen LogP contribution in [0.2, 0.25) is 0 Å². The molecule has 0 radical (unpaired) electrons. The van der Waals surface area contributed by atoms with Crippen LogP contribution in [0.1, 0.15) is 0 Å². The molecule has 72 valence electrons. The van der Waals surface area contributed by atoms with Gasteiger partial charge in [0.1, 0.15) is 0 Å². The second-order valence-corrected chi connectivity index (χ2v) is 8.74. The SMILES string of the molecule is CN(C)P(=S)(Cl)N1CCOCC1. The van der Waals surface area contributed by atoms with Crippen LogP contribution in [0.15, 0.2) is 0 Å². The molecular weight excluding hydrogens is 215 g/mol. The van der Waals surface area contributed by atoms with E-state index in [0.29, 0.717) is 0 Å². The molecule has 1 fully saturated rings. The normalized spacial score (nSPS) is 25.7. The van der Waals surface area contributed by atoms with Gasteiger partial charge in [-0.2, -0.15) is 0 Å².